The predicted molar refractivity (Wildman–Crippen MR) is 47.4 cm³/mol. The van der Waals surface area contributed by atoms with Gasteiger partial charge in [0.15, 0.2) is 5.60 Å². The minimum Gasteiger partial charge on any atom is -0.438 e. The highest BCUT2D eigenvalue weighted by molar-refractivity contribution is 14.1. The van der Waals surface area contributed by atoms with Gasteiger partial charge in [-0.25, -0.2) is 7.91 Å². The van der Waals surface area contributed by atoms with Crippen LogP contribution >= 0.6 is 22.9 Å². The molecule has 0 radical (unpaired) electrons. The molecule has 1 spiro atoms. The minimum absolute atomic E-state index is 0.174. The Balaban J connectivity index is 2.04. The smallest absolute Gasteiger partial charge is 0.419 e. The molecule has 2 heterocycles. The molecule has 0 N–H and O–H groups in total. The molecule has 4 nitrogen and oxygen atoms in total. The van der Waals surface area contributed by atoms with Crippen LogP contribution in [0, 0.1) is 0 Å². The minimum atomic E-state index is -0.196. The van der Waals surface area contributed by atoms with E-state index in [-0.39, 0.29) is 11.7 Å². The highest BCUT2D eigenvalue weighted by Gasteiger charge is 2.51. The Morgan fingerprint density at radius 3 is 2.55 bits per heavy atom. The zero-order chi connectivity index (χ0) is 8.06. The van der Waals surface area contributed by atoms with E-state index in [2.05, 4.69) is 4.90 Å². The monoisotopic (exact) mass is 268 g/mol. The molecular formula is C6H9IN2O2. The van der Waals surface area contributed by atoms with Crippen LogP contribution in [0.5, 0.6) is 0 Å². The van der Waals surface area contributed by atoms with Crippen LogP contribution in [0.3, 0.4) is 0 Å². The maximum Gasteiger partial charge on any atom is 0.419 e. The fourth-order valence-corrected chi connectivity index (χ4v) is 2.41. The van der Waals surface area contributed by atoms with Crippen molar-refractivity contribution < 1.29 is 9.53 Å². The van der Waals surface area contributed by atoms with E-state index in [1.165, 1.54) is 0 Å². The quantitative estimate of drug-likeness (QED) is 0.473. The number of amides is 1. The molecule has 2 fully saturated rings. The van der Waals surface area contributed by atoms with Gasteiger partial charge in [0.05, 0.1) is 29.4 Å². The summed E-state index contributed by atoms with van der Waals surface area (Å²) in [5, 5.41) is 0. The fraction of sp³-hybridized carbons (Fsp3) is 0.833. The van der Waals surface area contributed by atoms with Crippen LogP contribution in [0.4, 0.5) is 4.79 Å². The van der Waals surface area contributed by atoms with E-state index in [1.54, 1.807) is 3.11 Å². The van der Waals surface area contributed by atoms with E-state index in [4.69, 9.17) is 4.74 Å². The first-order valence-corrected chi connectivity index (χ1v) is 4.43. The summed E-state index contributed by atoms with van der Waals surface area (Å²) in [5.74, 6) is 0. The number of likely N-dealkylation sites (N-methyl/N-ethyl adjacent to an activating group) is 1. The molecule has 2 aliphatic heterocycles. The Morgan fingerprint density at radius 1 is 1.55 bits per heavy atom. The van der Waals surface area contributed by atoms with Crippen molar-refractivity contribution in [1.29, 1.82) is 0 Å². The molecule has 0 unspecified atom stereocenters. The fourth-order valence-electron chi connectivity index (χ4n) is 1.69. The van der Waals surface area contributed by atoms with Crippen LogP contribution in [-0.2, 0) is 4.74 Å². The molecule has 0 aromatic rings. The highest BCUT2D eigenvalue weighted by atomic mass is 127. The molecule has 0 aromatic carbocycles. The third kappa shape index (κ3) is 1.10. The van der Waals surface area contributed by atoms with Crippen molar-refractivity contribution in [3.8, 4) is 0 Å². The van der Waals surface area contributed by atoms with Crippen LogP contribution in [0.25, 0.3) is 0 Å². The van der Waals surface area contributed by atoms with E-state index < -0.39 is 0 Å². The Morgan fingerprint density at radius 2 is 2.18 bits per heavy atom. The molecular weight excluding hydrogens is 259 g/mol. The molecule has 11 heavy (non-hydrogen) atoms. The van der Waals surface area contributed by atoms with Gasteiger partial charge >= 0.3 is 6.09 Å². The number of nitrogens with zero attached hydrogens (tertiary/aromatic N) is 2. The summed E-state index contributed by atoms with van der Waals surface area (Å²) in [6.07, 6.45) is -0.196. The number of hydrogen-bond acceptors (Lipinski definition) is 3. The second-order valence-electron chi connectivity index (χ2n) is 3.24. The average Bonchev–Trinajstić information content (AvgIpc) is 2.07. The number of halogens is 1. The topological polar surface area (TPSA) is 32.8 Å². The number of hydrogen-bond donors (Lipinski definition) is 0. The van der Waals surface area contributed by atoms with Gasteiger partial charge in [-0.05, 0) is 7.05 Å². The number of carbonyl (C=O) groups excluding carboxylic acids is 1. The standard InChI is InChI=1S/C6H9IN2O2/c1-8-2-6(3-8)4-9(7)5(10)11-6/h2-4H2,1H3. The number of likely N-dealkylation sites (tertiary alicyclic amines) is 1. The van der Waals surface area contributed by atoms with Crippen LogP contribution in [0.2, 0.25) is 0 Å². The van der Waals surface area contributed by atoms with Crippen LogP contribution < -0.4 is 0 Å². The molecule has 2 aliphatic rings. The van der Waals surface area contributed by atoms with Gasteiger partial charge in [-0.3, -0.25) is 4.90 Å². The largest absolute Gasteiger partial charge is 0.438 e. The Labute approximate surface area is 79.0 Å². The third-order valence-electron chi connectivity index (χ3n) is 2.05. The summed E-state index contributed by atoms with van der Waals surface area (Å²) in [5.41, 5.74) is -0.174. The van der Waals surface area contributed by atoms with Crippen LogP contribution in [0.15, 0.2) is 0 Å². The van der Waals surface area contributed by atoms with Crippen molar-refractivity contribution in [2.24, 2.45) is 0 Å². The first-order chi connectivity index (χ1) is 5.11. The SMILES string of the molecule is CN1CC2(C1)CN(I)C(=O)O2. The number of ether oxygens (including phenoxy) is 1. The molecule has 1 amide bonds. The lowest BCUT2D eigenvalue weighted by atomic mass is 9.96. The zero-order valence-corrected chi connectivity index (χ0v) is 8.37. The van der Waals surface area contributed by atoms with Crippen LogP contribution in [0.1, 0.15) is 0 Å². The second-order valence-corrected chi connectivity index (χ2v) is 4.41. The normalized spacial score (nSPS) is 28.9. The Bertz CT molecular complexity index is 203. The number of rotatable bonds is 0. The summed E-state index contributed by atoms with van der Waals surface area (Å²) in [6, 6.07) is 0. The van der Waals surface area contributed by atoms with Gasteiger partial charge in [0.25, 0.3) is 0 Å². The summed E-state index contributed by atoms with van der Waals surface area (Å²) >= 11 is 1.99. The van der Waals surface area contributed by atoms with Crippen molar-refractivity contribution in [3.63, 3.8) is 0 Å². The van der Waals surface area contributed by atoms with E-state index in [1.807, 2.05) is 29.9 Å². The van der Waals surface area contributed by atoms with Crippen molar-refractivity contribution in [1.82, 2.24) is 8.01 Å². The molecule has 0 aromatic heterocycles. The summed E-state index contributed by atoms with van der Waals surface area (Å²) < 4.78 is 6.81. The lowest BCUT2D eigenvalue weighted by Gasteiger charge is -2.43. The zero-order valence-electron chi connectivity index (χ0n) is 6.21. The predicted octanol–water partition coefficient (Wildman–Crippen LogP) is 0.473. The highest BCUT2D eigenvalue weighted by Crippen LogP contribution is 2.32. The lowest BCUT2D eigenvalue weighted by molar-refractivity contribution is -0.0604. The van der Waals surface area contributed by atoms with E-state index in [9.17, 15) is 4.79 Å². The maximum absolute atomic E-state index is 11.0. The van der Waals surface area contributed by atoms with Gasteiger partial charge in [-0.1, -0.05) is 0 Å². The van der Waals surface area contributed by atoms with Gasteiger partial charge in [-0.15, -0.1) is 0 Å². The van der Waals surface area contributed by atoms with Crippen molar-refractivity contribution in [2.45, 2.75) is 5.60 Å². The lowest BCUT2D eigenvalue weighted by Crippen LogP contribution is -2.61. The summed E-state index contributed by atoms with van der Waals surface area (Å²) in [6.45, 7) is 2.48. The first-order valence-electron chi connectivity index (χ1n) is 3.46. The van der Waals surface area contributed by atoms with Crippen molar-refractivity contribution >= 4 is 29.0 Å². The van der Waals surface area contributed by atoms with Crippen molar-refractivity contribution in [3.05, 3.63) is 0 Å². The molecule has 0 saturated carbocycles. The van der Waals surface area contributed by atoms with E-state index in [0.29, 0.717) is 0 Å². The van der Waals surface area contributed by atoms with Gasteiger partial charge in [-0.2, -0.15) is 0 Å². The van der Waals surface area contributed by atoms with Crippen LogP contribution in [-0.4, -0.2) is 46.4 Å². The van der Waals surface area contributed by atoms with Crippen molar-refractivity contribution in [2.75, 3.05) is 26.7 Å². The second kappa shape index (κ2) is 2.22. The first kappa shape index (κ1) is 7.60. The molecule has 2 rings (SSSR count). The van der Waals surface area contributed by atoms with Gasteiger partial charge < -0.3 is 4.74 Å². The molecule has 0 aliphatic carbocycles. The van der Waals surface area contributed by atoms with E-state index >= 15 is 0 Å². The molecule has 0 bridgehead atoms. The van der Waals surface area contributed by atoms with Gasteiger partial charge in [0.2, 0.25) is 0 Å². The molecule has 62 valence electrons. The molecule has 2 saturated heterocycles. The van der Waals surface area contributed by atoms with Gasteiger partial charge in [0, 0.05) is 13.1 Å². The number of carbonyl (C=O) groups is 1. The third-order valence-corrected chi connectivity index (χ3v) is 2.78. The van der Waals surface area contributed by atoms with E-state index in [0.717, 1.165) is 19.6 Å². The van der Waals surface area contributed by atoms with Gasteiger partial charge in [0.1, 0.15) is 0 Å². The Kier molecular flexibility index (Phi) is 1.54. The maximum atomic E-state index is 11.0. The molecule has 5 heteroatoms. The Hall–Kier alpha value is -0.0400. The molecule has 0 atom stereocenters. The summed E-state index contributed by atoms with van der Waals surface area (Å²) in [7, 11) is 2.02. The average molecular weight is 268 g/mol. The summed E-state index contributed by atoms with van der Waals surface area (Å²) in [4.78, 5) is 13.1.